The van der Waals surface area contributed by atoms with Crippen LogP contribution in [-0.4, -0.2) is 41.2 Å². The summed E-state index contributed by atoms with van der Waals surface area (Å²) in [6.07, 6.45) is 0.302. The number of halogens is 1. The van der Waals surface area contributed by atoms with E-state index in [4.69, 9.17) is 4.74 Å². The predicted molar refractivity (Wildman–Crippen MR) is 82.8 cm³/mol. The number of rotatable bonds is 7. The zero-order chi connectivity index (χ0) is 15.2. The molecule has 1 N–H and O–H groups in total. The molecule has 0 aromatic heterocycles. The molecule has 0 unspecified atom stereocenters. The van der Waals surface area contributed by atoms with Crippen LogP contribution in [0.1, 0.15) is 27.2 Å². The van der Waals surface area contributed by atoms with E-state index >= 15 is 0 Å². The first-order valence-corrected chi connectivity index (χ1v) is 7.49. The van der Waals surface area contributed by atoms with Gasteiger partial charge in [0.15, 0.2) is 0 Å². The maximum atomic E-state index is 12.0. The van der Waals surface area contributed by atoms with E-state index < -0.39 is 5.60 Å². The van der Waals surface area contributed by atoms with Crippen molar-refractivity contribution in [2.24, 2.45) is 0 Å². The van der Waals surface area contributed by atoms with E-state index in [0.717, 1.165) is 10.2 Å². The van der Waals surface area contributed by atoms with Gasteiger partial charge in [0.25, 0.3) is 0 Å². The molecule has 0 spiro atoms. The van der Waals surface area contributed by atoms with Crippen LogP contribution >= 0.6 is 15.9 Å². The van der Waals surface area contributed by atoms with Gasteiger partial charge in [0, 0.05) is 17.6 Å². The van der Waals surface area contributed by atoms with Gasteiger partial charge in [-0.05, 0) is 39.0 Å². The fourth-order valence-corrected chi connectivity index (χ4v) is 2.19. The van der Waals surface area contributed by atoms with Crippen LogP contribution < -0.4 is 4.74 Å². The Bertz CT molecular complexity index is 443. The standard InChI is InChI=1S/C15H22BrNO3/c1-4-17(11-15(2,3)19)14(18)8-9-20-13-7-5-6-12(16)10-13/h5-7,10,19H,4,8-9,11H2,1-3H3. The Labute approximate surface area is 128 Å². The van der Waals surface area contributed by atoms with E-state index in [0.29, 0.717) is 26.1 Å². The third-order valence-corrected chi connectivity index (χ3v) is 3.19. The Kier molecular flexibility index (Phi) is 6.49. The quantitative estimate of drug-likeness (QED) is 0.828. The summed E-state index contributed by atoms with van der Waals surface area (Å²) in [6.45, 7) is 6.54. The maximum absolute atomic E-state index is 12.0. The molecule has 1 amide bonds. The highest BCUT2D eigenvalue weighted by atomic mass is 79.9. The highest BCUT2D eigenvalue weighted by Crippen LogP contribution is 2.18. The highest BCUT2D eigenvalue weighted by Gasteiger charge is 2.20. The molecule has 0 saturated heterocycles. The molecule has 0 aliphatic carbocycles. The van der Waals surface area contributed by atoms with Crippen LogP contribution in [0.15, 0.2) is 28.7 Å². The third-order valence-electron chi connectivity index (χ3n) is 2.69. The largest absolute Gasteiger partial charge is 0.493 e. The number of ether oxygens (including phenoxy) is 1. The Morgan fingerprint density at radius 3 is 2.70 bits per heavy atom. The summed E-state index contributed by atoms with van der Waals surface area (Å²) in [5, 5.41) is 9.77. The lowest BCUT2D eigenvalue weighted by molar-refractivity contribution is -0.134. The second-order valence-corrected chi connectivity index (χ2v) is 6.19. The molecule has 1 aromatic rings. The average Bonchev–Trinajstić information content (AvgIpc) is 2.34. The lowest BCUT2D eigenvalue weighted by atomic mass is 10.1. The van der Waals surface area contributed by atoms with E-state index in [1.54, 1.807) is 18.7 Å². The minimum absolute atomic E-state index is 0.00961. The number of nitrogens with zero attached hydrogens (tertiary/aromatic N) is 1. The normalized spacial score (nSPS) is 11.2. The maximum Gasteiger partial charge on any atom is 0.226 e. The van der Waals surface area contributed by atoms with Crippen molar-refractivity contribution >= 4 is 21.8 Å². The minimum atomic E-state index is -0.878. The van der Waals surface area contributed by atoms with E-state index in [1.165, 1.54) is 0 Å². The average molecular weight is 344 g/mol. The van der Waals surface area contributed by atoms with Gasteiger partial charge in [-0.1, -0.05) is 22.0 Å². The molecule has 112 valence electrons. The number of benzene rings is 1. The molecule has 1 rings (SSSR count). The van der Waals surface area contributed by atoms with Gasteiger partial charge in [0.2, 0.25) is 5.91 Å². The molecule has 4 nitrogen and oxygen atoms in total. The zero-order valence-electron chi connectivity index (χ0n) is 12.2. The predicted octanol–water partition coefficient (Wildman–Crippen LogP) is 2.84. The van der Waals surface area contributed by atoms with Gasteiger partial charge in [-0.15, -0.1) is 0 Å². The van der Waals surface area contributed by atoms with Crippen molar-refractivity contribution in [1.29, 1.82) is 0 Å². The van der Waals surface area contributed by atoms with Crippen molar-refractivity contribution in [3.63, 3.8) is 0 Å². The van der Waals surface area contributed by atoms with Crippen molar-refractivity contribution in [2.45, 2.75) is 32.8 Å². The SMILES string of the molecule is CCN(CC(C)(C)O)C(=O)CCOc1cccc(Br)c1. The number of carbonyl (C=O) groups is 1. The van der Waals surface area contributed by atoms with Crippen LogP contribution in [-0.2, 0) is 4.79 Å². The van der Waals surface area contributed by atoms with Crippen LogP contribution in [0.25, 0.3) is 0 Å². The van der Waals surface area contributed by atoms with Gasteiger partial charge in [-0.2, -0.15) is 0 Å². The first-order chi connectivity index (χ1) is 9.31. The second kappa shape index (κ2) is 7.64. The van der Waals surface area contributed by atoms with Crippen molar-refractivity contribution in [3.8, 4) is 5.75 Å². The molecular weight excluding hydrogens is 322 g/mol. The van der Waals surface area contributed by atoms with Gasteiger partial charge in [0.1, 0.15) is 5.75 Å². The molecule has 0 radical (unpaired) electrons. The minimum Gasteiger partial charge on any atom is -0.493 e. The highest BCUT2D eigenvalue weighted by molar-refractivity contribution is 9.10. The number of carbonyl (C=O) groups excluding carboxylic acids is 1. The molecule has 0 fully saturated rings. The van der Waals surface area contributed by atoms with E-state index in [1.807, 2.05) is 31.2 Å². The Morgan fingerprint density at radius 2 is 2.15 bits per heavy atom. The van der Waals surface area contributed by atoms with Crippen molar-refractivity contribution in [3.05, 3.63) is 28.7 Å². The second-order valence-electron chi connectivity index (χ2n) is 5.28. The summed E-state index contributed by atoms with van der Waals surface area (Å²) in [5.41, 5.74) is -0.878. The first kappa shape index (κ1) is 17.0. The summed E-state index contributed by atoms with van der Waals surface area (Å²) < 4.78 is 6.49. The van der Waals surface area contributed by atoms with Crippen molar-refractivity contribution < 1.29 is 14.6 Å². The van der Waals surface area contributed by atoms with Crippen LogP contribution in [0.4, 0.5) is 0 Å². The van der Waals surface area contributed by atoms with E-state index in [9.17, 15) is 9.90 Å². The molecule has 20 heavy (non-hydrogen) atoms. The van der Waals surface area contributed by atoms with Gasteiger partial charge in [-0.3, -0.25) is 4.79 Å². The molecule has 0 heterocycles. The fraction of sp³-hybridized carbons (Fsp3) is 0.533. The molecule has 0 aliphatic heterocycles. The topological polar surface area (TPSA) is 49.8 Å². The van der Waals surface area contributed by atoms with Crippen LogP contribution in [0.3, 0.4) is 0 Å². The van der Waals surface area contributed by atoms with E-state index in [2.05, 4.69) is 15.9 Å². The molecule has 0 bridgehead atoms. The van der Waals surface area contributed by atoms with Gasteiger partial charge >= 0.3 is 0 Å². The number of aliphatic hydroxyl groups is 1. The number of likely N-dealkylation sites (N-methyl/N-ethyl adjacent to an activating group) is 1. The lowest BCUT2D eigenvalue weighted by Crippen LogP contribution is -2.42. The molecular formula is C15H22BrNO3. The monoisotopic (exact) mass is 343 g/mol. The molecule has 0 saturated carbocycles. The van der Waals surface area contributed by atoms with Crippen LogP contribution in [0.5, 0.6) is 5.75 Å². The summed E-state index contributed by atoms with van der Waals surface area (Å²) in [7, 11) is 0. The van der Waals surface area contributed by atoms with Crippen LogP contribution in [0.2, 0.25) is 0 Å². The smallest absolute Gasteiger partial charge is 0.226 e. The van der Waals surface area contributed by atoms with Crippen LogP contribution in [0, 0.1) is 0 Å². The molecule has 0 atom stereocenters. The number of amides is 1. The van der Waals surface area contributed by atoms with Gasteiger partial charge in [-0.25, -0.2) is 0 Å². The Morgan fingerprint density at radius 1 is 1.45 bits per heavy atom. The van der Waals surface area contributed by atoms with Gasteiger partial charge < -0.3 is 14.7 Å². The van der Waals surface area contributed by atoms with Crippen molar-refractivity contribution in [1.82, 2.24) is 4.90 Å². The summed E-state index contributed by atoms with van der Waals surface area (Å²) in [6, 6.07) is 7.51. The van der Waals surface area contributed by atoms with E-state index in [-0.39, 0.29) is 5.91 Å². The zero-order valence-corrected chi connectivity index (χ0v) is 13.8. The first-order valence-electron chi connectivity index (χ1n) is 6.70. The molecule has 1 aromatic carbocycles. The summed E-state index contributed by atoms with van der Waals surface area (Å²) in [4.78, 5) is 13.7. The summed E-state index contributed by atoms with van der Waals surface area (Å²) in [5.74, 6) is 0.724. The summed E-state index contributed by atoms with van der Waals surface area (Å²) >= 11 is 3.37. The molecule has 0 aliphatic rings. The number of hydrogen-bond donors (Lipinski definition) is 1. The Balaban J connectivity index is 2.42. The van der Waals surface area contributed by atoms with Crippen molar-refractivity contribution in [2.75, 3.05) is 19.7 Å². The fourth-order valence-electron chi connectivity index (χ4n) is 1.81. The molecule has 5 heteroatoms. The third kappa shape index (κ3) is 6.39. The number of hydrogen-bond acceptors (Lipinski definition) is 3. The lowest BCUT2D eigenvalue weighted by Gasteiger charge is -2.28. The Hall–Kier alpha value is -1.07. The van der Waals surface area contributed by atoms with Gasteiger partial charge in [0.05, 0.1) is 18.6 Å².